The molecule has 0 aromatic carbocycles. The normalized spacial score (nSPS) is 21.6. The summed E-state index contributed by atoms with van der Waals surface area (Å²) in [4.78, 5) is 75.3. The number of carbonyl (C=O) groups is 5. The molecule has 0 spiro atoms. The summed E-state index contributed by atoms with van der Waals surface area (Å²) in [5.41, 5.74) is -2.63. The molecular formula is C21H21F3N10O9S3. The van der Waals surface area contributed by atoms with Gasteiger partial charge in [0.15, 0.2) is 16.6 Å². The zero-order chi connectivity index (χ0) is 33.8. The van der Waals surface area contributed by atoms with Gasteiger partial charge in [-0.15, -0.1) is 28.2 Å². The number of rotatable bonds is 13. The van der Waals surface area contributed by atoms with Crippen molar-refractivity contribution >= 4 is 81.1 Å². The van der Waals surface area contributed by atoms with Crippen molar-refractivity contribution in [3.63, 3.8) is 0 Å². The summed E-state index contributed by atoms with van der Waals surface area (Å²) in [7, 11) is 2.26. The first-order valence-electron chi connectivity index (χ1n) is 12.3. The van der Waals surface area contributed by atoms with E-state index in [0.717, 1.165) is 47.8 Å². The van der Waals surface area contributed by atoms with E-state index < -0.39 is 69.2 Å². The number of hydrogen-bond donors (Lipinski definition) is 4. The maximum absolute atomic E-state index is 13.1. The van der Waals surface area contributed by atoms with Crippen molar-refractivity contribution < 1.29 is 57.0 Å². The highest BCUT2D eigenvalue weighted by atomic mass is 32.2. The topological polar surface area (TPSA) is 253 Å². The highest BCUT2D eigenvalue weighted by molar-refractivity contribution is 8.00. The molecule has 248 valence electrons. The van der Waals surface area contributed by atoms with Crippen LogP contribution in [-0.2, 0) is 40.2 Å². The molecule has 0 saturated carbocycles. The van der Waals surface area contributed by atoms with Gasteiger partial charge in [0.1, 0.15) is 36.7 Å². The maximum atomic E-state index is 13.1. The van der Waals surface area contributed by atoms with Crippen LogP contribution in [0.4, 0.5) is 18.3 Å². The van der Waals surface area contributed by atoms with Crippen LogP contribution < -0.4 is 10.6 Å². The molecule has 4 rings (SSSR count). The third-order valence-corrected chi connectivity index (χ3v) is 9.82. The molecule has 2 aliphatic heterocycles. The number of hydrogen-bond acceptors (Lipinski definition) is 16. The van der Waals surface area contributed by atoms with Crippen LogP contribution in [0, 0.1) is 5.41 Å². The standard InChI is InChI=1S/C21H21F3N10O9S3/c1-42-29-8(15(37)38)3-34-19(28-31-32-34)46-7-20(17(40)41)5-33-13(36)11(14(33)45-6-20)26-12(35)10(30-43-2)9-4-44-18(25-9)27-16(39)21(22,23)24/h4,11,14H,3,5-7H2,1-2H3,(H,26,35)(H,37,38)(H,40,41)(H,25,27,39)/t11?,14-,20?/m1/s1. The molecule has 25 heteroatoms. The van der Waals surface area contributed by atoms with E-state index in [1.165, 1.54) is 4.90 Å². The van der Waals surface area contributed by atoms with Gasteiger partial charge in [-0.05, 0) is 10.4 Å². The van der Waals surface area contributed by atoms with Crippen LogP contribution in [0.1, 0.15) is 5.69 Å². The molecule has 3 atom stereocenters. The number of anilines is 1. The molecule has 0 radical (unpaired) electrons. The molecule has 19 nitrogen and oxygen atoms in total. The second-order valence-electron chi connectivity index (χ2n) is 9.25. The number of carboxylic acid groups (broad SMARTS) is 2. The van der Waals surface area contributed by atoms with Crippen molar-refractivity contribution in [2.75, 3.05) is 37.6 Å². The van der Waals surface area contributed by atoms with E-state index in [1.807, 2.05) is 0 Å². The number of aromatic nitrogens is 5. The summed E-state index contributed by atoms with van der Waals surface area (Å²) in [6, 6.07) is -1.11. The summed E-state index contributed by atoms with van der Waals surface area (Å²) >= 11 is 2.60. The Hall–Kier alpha value is -4.52. The van der Waals surface area contributed by atoms with Crippen LogP contribution in [0.5, 0.6) is 0 Å². The molecular weight excluding hydrogens is 689 g/mol. The lowest BCUT2D eigenvalue weighted by Crippen LogP contribution is -2.74. The number of nitrogens with zero attached hydrogens (tertiary/aromatic N) is 8. The van der Waals surface area contributed by atoms with Crippen LogP contribution in [0.2, 0.25) is 0 Å². The number of thioether (sulfide) groups is 2. The van der Waals surface area contributed by atoms with E-state index in [9.17, 15) is 47.4 Å². The van der Waals surface area contributed by atoms with Gasteiger partial charge in [0, 0.05) is 23.4 Å². The highest BCUT2D eigenvalue weighted by Crippen LogP contribution is 2.44. The molecule has 2 aliphatic rings. The Morgan fingerprint density at radius 1 is 1.22 bits per heavy atom. The summed E-state index contributed by atoms with van der Waals surface area (Å²) in [6.07, 6.45) is -5.17. The second-order valence-corrected chi connectivity index (χ2v) is 12.2. The monoisotopic (exact) mass is 710 g/mol. The van der Waals surface area contributed by atoms with Crippen molar-refractivity contribution in [3.8, 4) is 0 Å². The minimum absolute atomic E-state index is 0.00338. The van der Waals surface area contributed by atoms with Gasteiger partial charge in [0.25, 0.3) is 5.91 Å². The van der Waals surface area contributed by atoms with Crippen LogP contribution in [0.3, 0.4) is 0 Å². The molecule has 2 fully saturated rings. The lowest BCUT2D eigenvalue weighted by molar-refractivity contribution is -0.167. The highest BCUT2D eigenvalue weighted by Gasteiger charge is 2.57. The van der Waals surface area contributed by atoms with E-state index in [0.29, 0.717) is 11.3 Å². The molecule has 3 amide bonds. The first-order chi connectivity index (χ1) is 21.7. The molecule has 0 bridgehead atoms. The van der Waals surface area contributed by atoms with Crippen molar-refractivity contribution in [1.82, 2.24) is 35.4 Å². The fourth-order valence-electron chi connectivity index (χ4n) is 4.01. The van der Waals surface area contributed by atoms with E-state index in [2.05, 4.69) is 45.8 Å². The van der Waals surface area contributed by atoms with Crippen LogP contribution >= 0.6 is 34.9 Å². The summed E-state index contributed by atoms with van der Waals surface area (Å²) in [6.45, 7) is -0.612. The van der Waals surface area contributed by atoms with Crippen molar-refractivity contribution in [3.05, 3.63) is 11.1 Å². The predicted octanol–water partition coefficient (Wildman–Crippen LogP) is -0.669. The van der Waals surface area contributed by atoms with Gasteiger partial charge in [0.2, 0.25) is 11.1 Å². The maximum Gasteiger partial charge on any atom is 0.471 e. The van der Waals surface area contributed by atoms with Crippen LogP contribution in [0.15, 0.2) is 20.8 Å². The van der Waals surface area contributed by atoms with E-state index in [-0.39, 0.29) is 35.4 Å². The summed E-state index contributed by atoms with van der Waals surface area (Å²) < 4.78 is 38.8. The fourth-order valence-corrected chi connectivity index (χ4v) is 7.44. The second kappa shape index (κ2) is 13.9. The Labute approximate surface area is 266 Å². The van der Waals surface area contributed by atoms with Crippen LogP contribution in [0.25, 0.3) is 0 Å². The molecule has 2 aromatic rings. The Balaban J connectivity index is 1.41. The lowest BCUT2D eigenvalue weighted by Gasteiger charge is -2.53. The molecule has 0 aliphatic carbocycles. The largest absolute Gasteiger partial charge is 0.481 e. The number of thiazole rings is 1. The minimum Gasteiger partial charge on any atom is -0.481 e. The lowest BCUT2D eigenvalue weighted by atomic mass is 9.89. The number of fused-ring (bicyclic) bond motifs is 1. The number of amides is 3. The first kappa shape index (κ1) is 34.4. The van der Waals surface area contributed by atoms with Crippen molar-refractivity contribution in [1.29, 1.82) is 0 Å². The third-order valence-electron chi connectivity index (χ3n) is 6.23. The molecule has 2 unspecified atom stereocenters. The Kier molecular flexibility index (Phi) is 10.3. The fraction of sp³-hybridized carbons (Fsp3) is 0.476. The van der Waals surface area contributed by atoms with Crippen molar-refractivity contribution in [2.24, 2.45) is 15.7 Å². The molecule has 46 heavy (non-hydrogen) atoms. The number of oxime groups is 2. The number of β-lactam (4-membered cyclic amide) rings is 1. The van der Waals surface area contributed by atoms with Gasteiger partial charge in [-0.2, -0.15) is 13.2 Å². The minimum atomic E-state index is -5.17. The number of aliphatic carboxylic acids is 2. The third kappa shape index (κ3) is 7.30. The number of carboxylic acids is 2. The number of halogens is 3. The summed E-state index contributed by atoms with van der Waals surface area (Å²) in [5.74, 6) is -6.56. The van der Waals surface area contributed by atoms with Gasteiger partial charge in [0.05, 0.1) is 6.54 Å². The smallest absolute Gasteiger partial charge is 0.471 e. The average molecular weight is 711 g/mol. The zero-order valence-corrected chi connectivity index (χ0v) is 25.7. The van der Waals surface area contributed by atoms with Crippen molar-refractivity contribution in [2.45, 2.75) is 29.3 Å². The van der Waals surface area contributed by atoms with Gasteiger partial charge in [-0.25, -0.2) is 14.5 Å². The van der Waals surface area contributed by atoms with Gasteiger partial charge in [-0.1, -0.05) is 22.1 Å². The quantitative estimate of drug-likeness (QED) is 0.0871. The van der Waals surface area contributed by atoms with E-state index >= 15 is 0 Å². The van der Waals surface area contributed by atoms with Crippen LogP contribution in [-0.4, -0.2) is 131 Å². The first-order valence-corrected chi connectivity index (χ1v) is 15.3. The molecule has 4 N–H and O–H groups in total. The number of carbonyl (C=O) groups excluding carboxylic acids is 3. The van der Waals surface area contributed by atoms with Gasteiger partial charge < -0.3 is 30.1 Å². The number of nitrogens with one attached hydrogen (secondary N) is 2. The molecule has 2 saturated heterocycles. The van der Waals surface area contributed by atoms with Gasteiger partial charge in [-0.3, -0.25) is 24.5 Å². The Bertz CT molecular complexity index is 1600. The SMILES string of the molecule is CON=C(Cn1nnnc1SCC1(C(=O)O)CS[C@@H]2C(NC(=O)C(=NOC)c3csc(NC(=O)C(F)(F)F)n3)C(=O)N2C1)C(=O)O. The molecule has 4 heterocycles. The summed E-state index contributed by atoms with van der Waals surface area (Å²) in [5, 5.41) is 41.5. The van der Waals surface area contributed by atoms with E-state index in [1.54, 1.807) is 5.32 Å². The number of alkyl halides is 3. The van der Waals surface area contributed by atoms with E-state index in [4.69, 9.17) is 0 Å². The average Bonchev–Trinajstić information content (AvgIpc) is 3.65. The molecule has 2 aromatic heterocycles. The predicted molar refractivity (Wildman–Crippen MR) is 151 cm³/mol. The Morgan fingerprint density at radius 2 is 1.93 bits per heavy atom. The van der Waals surface area contributed by atoms with Gasteiger partial charge >= 0.3 is 24.0 Å². The number of tetrazole rings is 1. The Morgan fingerprint density at radius 3 is 2.57 bits per heavy atom. The zero-order valence-electron chi connectivity index (χ0n) is 23.2.